The number of carbonyl (C=O) groups is 1. The number of hydrogen-bond donors (Lipinski definition) is 0. The molecule has 1 atom stereocenters. The van der Waals surface area contributed by atoms with Crippen molar-refractivity contribution in [1.29, 1.82) is 0 Å². The van der Waals surface area contributed by atoms with E-state index in [2.05, 4.69) is 15.1 Å². The summed E-state index contributed by atoms with van der Waals surface area (Å²) in [6.45, 7) is 3.97. The van der Waals surface area contributed by atoms with E-state index < -0.39 is 0 Å². The molecule has 5 nitrogen and oxygen atoms in total. The van der Waals surface area contributed by atoms with Crippen LogP contribution in [0, 0.1) is 0 Å². The maximum absolute atomic E-state index is 12.4. The summed E-state index contributed by atoms with van der Waals surface area (Å²) >= 11 is 5.71. The Hall–Kier alpha value is -1.20. The fraction of sp³-hybridized carbons (Fsp3) is 0.643. The topological polar surface area (TPSA) is 49.3 Å². The number of aromatic nitrogens is 2. The lowest BCUT2D eigenvalue weighted by molar-refractivity contribution is 0.0601. The van der Waals surface area contributed by atoms with Crippen LogP contribution >= 0.6 is 11.6 Å². The minimum atomic E-state index is -0.0296. The van der Waals surface area contributed by atoms with Gasteiger partial charge in [0.2, 0.25) is 0 Å². The van der Waals surface area contributed by atoms with E-state index in [4.69, 9.17) is 11.6 Å². The van der Waals surface area contributed by atoms with Crippen LogP contribution in [0.15, 0.2) is 12.1 Å². The maximum Gasteiger partial charge on any atom is 0.274 e. The van der Waals surface area contributed by atoms with Crippen LogP contribution < -0.4 is 0 Å². The van der Waals surface area contributed by atoms with Crippen molar-refractivity contribution in [2.45, 2.75) is 31.7 Å². The first kappa shape index (κ1) is 13.8. The predicted octanol–water partition coefficient (Wildman–Crippen LogP) is 1.83. The zero-order valence-electron chi connectivity index (χ0n) is 11.5. The summed E-state index contributed by atoms with van der Waals surface area (Å²) in [7, 11) is 0. The number of nitrogens with zero attached hydrogens (tertiary/aromatic N) is 4. The molecule has 0 aromatic carbocycles. The molecule has 0 aliphatic carbocycles. The van der Waals surface area contributed by atoms with Crippen LogP contribution in [0.2, 0.25) is 5.15 Å². The molecule has 0 radical (unpaired) electrons. The lowest BCUT2D eigenvalue weighted by Crippen LogP contribution is -2.49. The maximum atomic E-state index is 12.4. The van der Waals surface area contributed by atoms with Crippen molar-refractivity contribution in [3.05, 3.63) is 23.0 Å². The zero-order valence-corrected chi connectivity index (χ0v) is 12.2. The van der Waals surface area contributed by atoms with Crippen molar-refractivity contribution in [2.75, 3.05) is 26.2 Å². The molecule has 1 unspecified atom stereocenters. The number of amides is 1. The van der Waals surface area contributed by atoms with E-state index in [1.165, 1.54) is 32.4 Å². The Morgan fingerprint density at radius 3 is 2.65 bits per heavy atom. The molecule has 6 heteroatoms. The summed E-state index contributed by atoms with van der Waals surface area (Å²) in [5, 5.41) is 7.95. The van der Waals surface area contributed by atoms with Gasteiger partial charge in [0.25, 0.3) is 5.91 Å². The molecule has 2 aliphatic heterocycles. The molecule has 2 saturated heterocycles. The van der Waals surface area contributed by atoms with Crippen molar-refractivity contribution in [3.63, 3.8) is 0 Å². The van der Waals surface area contributed by atoms with E-state index in [0.29, 0.717) is 16.9 Å². The van der Waals surface area contributed by atoms with Gasteiger partial charge in [-0.1, -0.05) is 11.6 Å². The molecule has 0 bridgehead atoms. The normalized spacial score (nSPS) is 24.1. The standard InChI is InChI=1S/C14H19ClN4O/c15-13-6-5-12(16-17-13)14(20)19-9-3-4-11(10-19)18-7-1-2-8-18/h5-6,11H,1-4,7-10H2. The average molecular weight is 295 g/mol. The second kappa shape index (κ2) is 6.06. The van der Waals surface area contributed by atoms with E-state index in [1.54, 1.807) is 12.1 Å². The summed E-state index contributed by atoms with van der Waals surface area (Å²) in [6, 6.07) is 3.77. The highest BCUT2D eigenvalue weighted by atomic mass is 35.5. The predicted molar refractivity (Wildman–Crippen MR) is 76.8 cm³/mol. The van der Waals surface area contributed by atoms with Gasteiger partial charge >= 0.3 is 0 Å². The van der Waals surface area contributed by atoms with E-state index in [9.17, 15) is 4.79 Å². The Morgan fingerprint density at radius 1 is 1.15 bits per heavy atom. The van der Waals surface area contributed by atoms with Gasteiger partial charge in [0.05, 0.1) is 0 Å². The Kier molecular flexibility index (Phi) is 4.17. The lowest BCUT2D eigenvalue weighted by Gasteiger charge is -2.37. The van der Waals surface area contributed by atoms with Crippen LogP contribution in [0.4, 0.5) is 0 Å². The quantitative estimate of drug-likeness (QED) is 0.835. The summed E-state index contributed by atoms with van der Waals surface area (Å²) in [5.74, 6) is -0.0296. The molecular formula is C14H19ClN4O. The van der Waals surface area contributed by atoms with Gasteiger partial charge in [-0.05, 0) is 50.9 Å². The SMILES string of the molecule is O=C(c1ccc(Cl)nn1)N1CCCC(N2CCCC2)C1. The molecule has 1 aromatic heterocycles. The molecule has 20 heavy (non-hydrogen) atoms. The van der Waals surface area contributed by atoms with Gasteiger partial charge in [0.1, 0.15) is 0 Å². The average Bonchev–Trinajstić information content (AvgIpc) is 3.02. The first-order valence-electron chi connectivity index (χ1n) is 7.26. The summed E-state index contributed by atoms with van der Waals surface area (Å²) < 4.78 is 0. The van der Waals surface area contributed by atoms with E-state index >= 15 is 0 Å². The third kappa shape index (κ3) is 2.94. The fourth-order valence-electron chi connectivity index (χ4n) is 3.14. The largest absolute Gasteiger partial charge is 0.336 e. The van der Waals surface area contributed by atoms with Gasteiger partial charge in [0, 0.05) is 19.1 Å². The smallest absolute Gasteiger partial charge is 0.274 e. The highest BCUT2D eigenvalue weighted by molar-refractivity contribution is 6.29. The van der Waals surface area contributed by atoms with Crippen LogP contribution in [-0.2, 0) is 0 Å². The van der Waals surface area contributed by atoms with Crippen LogP contribution in [0.5, 0.6) is 0 Å². The number of rotatable bonds is 2. The molecule has 0 saturated carbocycles. The minimum absolute atomic E-state index is 0.0296. The van der Waals surface area contributed by atoms with Crippen molar-refractivity contribution >= 4 is 17.5 Å². The minimum Gasteiger partial charge on any atom is -0.336 e. The lowest BCUT2D eigenvalue weighted by atomic mass is 10.0. The highest BCUT2D eigenvalue weighted by Gasteiger charge is 2.30. The Labute approximate surface area is 123 Å². The zero-order chi connectivity index (χ0) is 13.9. The molecule has 2 aliphatic rings. The second-order valence-electron chi connectivity index (χ2n) is 5.53. The number of carbonyl (C=O) groups excluding carboxylic acids is 1. The van der Waals surface area contributed by atoms with Gasteiger partial charge in [-0.2, -0.15) is 0 Å². The van der Waals surface area contributed by atoms with Gasteiger partial charge in [-0.25, -0.2) is 0 Å². The van der Waals surface area contributed by atoms with Crippen LogP contribution in [0.3, 0.4) is 0 Å². The molecule has 1 amide bonds. The molecule has 0 spiro atoms. The van der Waals surface area contributed by atoms with Gasteiger partial charge in [-0.3, -0.25) is 9.69 Å². The van der Waals surface area contributed by atoms with Gasteiger partial charge < -0.3 is 4.90 Å². The van der Waals surface area contributed by atoms with Crippen molar-refractivity contribution in [3.8, 4) is 0 Å². The summed E-state index contributed by atoms with van der Waals surface area (Å²) in [4.78, 5) is 16.9. The fourth-order valence-corrected chi connectivity index (χ4v) is 3.24. The van der Waals surface area contributed by atoms with Gasteiger partial charge in [-0.15, -0.1) is 10.2 Å². The van der Waals surface area contributed by atoms with E-state index in [0.717, 1.165) is 19.5 Å². The molecule has 3 heterocycles. The highest BCUT2D eigenvalue weighted by Crippen LogP contribution is 2.21. The number of hydrogen-bond acceptors (Lipinski definition) is 4. The van der Waals surface area contributed by atoms with E-state index in [-0.39, 0.29) is 5.91 Å². The molecule has 2 fully saturated rings. The van der Waals surface area contributed by atoms with Crippen LogP contribution in [-0.4, -0.2) is 58.1 Å². The summed E-state index contributed by atoms with van der Waals surface area (Å²) in [6.07, 6.45) is 4.82. The molecule has 1 aromatic rings. The van der Waals surface area contributed by atoms with Crippen LogP contribution in [0.1, 0.15) is 36.2 Å². The Morgan fingerprint density at radius 2 is 1.95 bits per heavy atom. The van der Waals surface area contributed by atoms with Crippen LogP contribution in [0.25, 0.3) is 0 Å². The Balaban J connectivity index is 1.66. The first-order valence-corrected chi connectivity index (χ1v) is 7.64. The molecule has 3 rings (SSSR count). The van der Waals surface area contributed by atoms with Crippen molar-refractivity contribution < 1.29 is 4.79 Å². The molecule has 108 valence electrons. The Bertz CT molecular complexity index is 473. The monoisotopic (exact) mass is 294 g/mol. The van der Waals surface area contributed by atoms with Crippen molar-refractivity contribution in [2.24, 2.45) is 0 Å². The van der Waals surface area contributed by atoms with Gasteiger partial charge in [0.15, 0.2) is 10.8 Å². The summed E-state index contributed by atoms with van der Waals surface area (Å²) in [5.41, 5.74) is 0.386. The molecule has 0 N–H and O–H groups in total. The third-order valence-electron chi connectivity index (χ3n) is 4.19. The van der Waals surface area contributed by atoms with E-state index in [1.807, 2.05) is 4.90 Å². The third-order valence-corrected chi connectivity index (χ3v) is 4.39. The number of halogens is 1. The molecular weight excluding hydrogens is 276 g/mol. The number of piperidine rings is 1. The number of likely N-dealkylation sites (tertiary alicyclic amines) is 2. The van der Waals surface area contributed by atoms with Crippen molar-refractivity contribution in [1.82, 2.24) is 20.0 Å². The first-order chi connectivity index (χ1) is 9.74. The second-order valence-corrected chi connectivity index (χ2v) is 5.92.